The quantitative estimate of drug-likeness (QED) is 0.217. The summed E-state index contributed by atoms with van der Waals surface area (Å²) >= 11 is 6.53. The predicted molar refractivity (Wildman–Crippen MR) is 139 cm³/mol. The van der Waals surface area contributed by atoms with Crippen LogP contribution < -0.4 is 9.64 Å². The Morgan fingerprint density at radius 1 is 1.18 bits per heavy atom. The van der Waals surface area contributed by atoms with E-state index >= 15 is 4.39 Å². The summed E-state index contributed by atoms with van der Waals surface area (Å²) in [5.41, 5.74) is 7.71. The zero-order chi connectivity index (χ0) is 27.6. The molecule has 1 aromatic heterocycles. The van der Waals surface area contributed by atoms with Crippen molar-refractivity contribution in [3.8, 4) is 16.9 Å². The second kappa shape index (κ2) is 10.8. The number of anilines is 1. The van der Waals surface area contributed by atoms with E-state index in [-0.39, 0.29) is 39.8 Å². The molecule has 4 rings (SSSR count). The summed E-state index contributed by atoms with van der Waals surface area (Å²) < 4.78 is 41.7. The third-order valence-corrected chi connectivity index (χ3v) is 6.16. The number of methoxy groups -OCH3 is 1. The molecule has 200 valence electrons. The number of hydrogen-bond donors (Lipinski definition) is 0. The van der Waals surface area contributed by atoms with E-state index in [1.165, 1.54) is 31.4 Å². The van der Waals surface area contributed by atoms with Gasteiger partial charge in [0.15, 0.2) is 5.82 Å². The molecular weight excluding hydrogens is 520 g/mol. The molecule has 1 aliphatic heterocycles. The summed E-state index contributed by atoms with van der Waals surface area (Å²) in [5.74, 6) is -1.05. The largest absolute Gasteiger partial charge is 0.496 e. The molecule has 1 saturated heterocycles. The smallest absolute Gasteiger partial charge is 0.410 e. The van der Waals surface area contributed by atoms with Crippen molar-refractivity contribution in [1.29, 1.82) is 0 Å². The van der Waals surface area contributed by atoms with Gasteiger partial charge in [-0.05, 0) is 44.5 Å². The number of amides is 1. The van der Waals surface area contributed by atoms with Gasteiger partial charge in [0.05, 0.1) is 24.2 Å². The van der Waals surface area contributed by atoms with Gasteiger partial charge in [0.2, 0.25) is 0 Å². The summed E-state index contributed by atoms with van der Waals surface area (Å²) in [6, 6.07) is 5.61. The van der Waals surface area contributed by atoms with Crippen LogP contribution in [-0.2, 0) is 11.3 Å². The second-order valence-corrected chi connectivity index (χ2v) is 9.97. The lowest BCUT2D eigenvalue weighted by Gasteiger charge is -2.36. The fourth-order valence-electron chi connectivity index (χ4n) is 4.21. The minimum atomic E-state index is -0.867. The van der Waals surface area contributed by atoms with Crippen LogP contribution in [0.5, 0.6) is 5.75 Å². The van der Waals surface area contributed by atoms with Crippen LogP contribution >= 0.6 is 11.6 Å². The molecule has 0 aliphatic carbocycles. The lowest BCUT2D eigenvalue weighted by molar-refractivity contribution is 0.0240. The molecule has 13 heteroatoms. The van der Waals surface area contributed by atoms with Crippen LogP contribution in [0.4, 0.5) is 19.4 Å². The van der Waals surface area contributed by atoms with Gasteiger partial charge in [0.25, 0.3) is 0 Å². The van der Waals surface area contributed by atoms with Gasteiger partial charge >= 0.3 is 6.09 Å². The molecule has 0 spiro atoms. The fourth-order valence-corrected chi connectivity index (χ4v) is 4.49. The zero-order valence-corrected chi connectivity index (χ0v) is 22.1. The molecule has 2 aromatic carbocycles. The standard InChI is InChI=1S/C25H26ClF2N7O3/c1-25(2,3)38-24(36)35-10-8-34(9-11-35)23-14-12-15(26)19(20-16(27)6-5-7-17(20)37-4)21(28)22(14)31-18(32-23)13-30-33-29/h5-7,12H,8-11,13H2,1-4H3. The Hall–Kier alpha value is -3.89. The van der Waals surface area contributed by atoms with Gasteiger partial charge in [-0.3, -0.25) is 0 Å². The first-order valence-corrected chi connectivity index (χ1v) is 12.2. The van der Waals surface area contributed by atoms with Crippen molar-refractivity contribution in [2.24, 2.45) is 5.11 Å². The fraction of sp³-hybridized carbons (Fsp3) is 0.400. The lowest BCUT2D eigenvalue weighted by atomic mass is 10.0. The highest BCUT2D eigenvalue weighted by Gasteiger charge is 2.29. The Morgan fingerprint density at radius 2 is 1.89 bits per heavy atom. The second-order valence-electron chi connectivity index (χ2n) is 9.57. The molecule has 0 atom stereocenters. The van der Waals surface area contributed by atoms with Gasteiger partial charge in [-0.25, -0.2) is 23.5 Å². The highest BCUT2D eigenvalue weighted by Crippen LogP contribution is 2.42. The Morgan fingerprint density at radius 3 is 2.53 bits per heavy atom. The van der Waals surface area contributed by atoms with Crippen LogP contribution in [0.15, 0.2) is 29.4 Å². The molecule has 0 saturated carbocycles. The van der Waals surface area contributed by atoms with Crippen molar-refractivity contribution >= 4 is 34.4 Å². The number of nitrogens with zero attached hydrogens (tertiary/aromatic N) is 7. The molecule has 10 nitrogen and oxygen atoms in total. The molecule has 0 unspecified atom stereocenters. The van der Waals surface area contributed by atoms with Gasteiger partial charge in [-0.1, -0.05) is 22.8 Å². The van der Waals surface area contributed by atoms with Crippen LogP contribution in [0.2, 0.25) is 5.02 Å². The number of rotatable bonds is 5. The maximum Gasteiger partial charge on any atom is 0.410 e. The molecule has 0 N–H and O–H groups in total. The van der Waals surface area contributed by atoms with E-state index in [1.807, 2.05) is 4.90 Å². The number of piperazine rings is 1. The third-order valence-electron chi connectivity index (χ3n) is 5.86. The van der Waals surface area contributed by atoms with Crippen molar-refractivity contribution < 1.29 is 23.0 Å². The number of fused-ring (bicyclic) bond motifs is 1. The molecule has 1 amide bonds. The van der Waals surface area contributed by atoms with Gasteiger partial charge in [-0.15, -0.1) is 0 Å². The lowest BCUT2D eigenvalue weighted by Crippen LogP contribution is -2.50. The first kappa shape index (κ1) is 27.2. The molecule has 3 aromatic rings. The maximum atomic E-state index is 16.1. The molecule has 2 heterocycles. The number of carbonyl (C=O) groups is 1. The summed E-state index contributed by atoms with van der Waals surface area (Å²) in [7, 11) is 1.35. The first-order chi connectivity index (χ1) is 18.0. The van der Waals surface area contributed by atoms with Gasteiger partial charge in [0, 0.05) is 42.0 Å². The number of hydrogen-bond acceptors (Lipinski definition) is 7. The van der Waals surface area contributed by atoms with E-state index in [1.54, 1.807) is 25.7 Å². The van der Waals surface area contributed by atoms with E-state index in [0.29, 0.717) is 37.4 Å². The van der Waals surface area contributed by atoms with Crippen LogP contribution in [0.3, 0.4) is 0 Å². The van der Waals surface area contributed by atoms with Crippen molar-refractivity contribution in [2.75, 3.05) is 38.2 Å². The summed E-state index contributed by atoms with van der Waals surface area (Å²) in [4.78, 5) is 27.5. The molecule has 0 bridgehead atoms. The van der Waals surface area contributed by atoms with Crippen molar-refractivity contribution in [1.82, 2.24) is 14.9 Å². The number of halogens is 3. The van der Waals surface area contributed by atoms with Gasteiger partial charge in [-0.2, -0.15) is 0 Å². The molecule has 1 fully saturated rings. The number of benzene rings is 2. The third kappa shape index (κ3) is 5.51. The Kier molecular flexibility index (Phi) is 7.75. The first-order valence-electron chi connectivity index (χ1n) is 11.8. The molecule has 1 aliphatic rings. The monoisotopic (exact) mass is 545 g/mol. The number of ether oxygens (including phenoxy) is 2. The highest BCUT2D eigenvalue weighted by atomic mass is 35.5. The van der Waals surface area contributed by atoms with Crippen molar-refractivity contribution in [2.45, 2.75) is 32.9 Å². The topological polar surface area (TPSA) is 117 Å². The highest BCUT2D eigenvalue weighted by molar-refractivity contribution is 6.34. The van der Waals surface area contributed by atoms with E-state index < -0.39 is 23.3 Å². The molecular formula is C25H26ClF2N7O3. The van der Waals surface area contributed by atoms with E-state index in [0.717, 1.165) is 0 Å². The zero-order valence-electron chi connectivity index (χ0n) is 21.3. The maximum absolute atomic E-state index is 16.1. The van der Waals surface area contributed by atoms with E-state index in [4.69, 9.17) is 26.6 Å². The Labute approximate surface area is 222 Å². The number of aromatic nitrogens is 2. The predicted octanol–water partition coefficient (Wildman–Crippen LogP) is 6.10. The average molecular weight is 546 g/mol. The van der Waals surface area contributed by atoms with Crippen LogP contribution in [0.1, 0.15) is 26.6 Å². The van der Waals surface area contributed by atoms with Crippen LogP contribution in [0.25, 0.3) is 32.5 Å². The SMILES string of the molecule is COc1cccc(F)c1-c1c(Cl)cc2c(N3CCN(C(=O)OC(C)(C)C)CC3)nc(CN=[N+]=[N-])nc2c1F. The number of azide groups is 1. The van der Waals surface area contributed by atoms with Crippen LogP contribution in [-0.4, -0.2) is 59.9 Å². The Bertz CT molecular complexity index is 1430. The van der Waals surface area contributed by atoms with Gasteiger partial charge < -0.3 is 19.3 Å². The molecule has 0 radical (unpaired) electrons. The minimum Gasteiger partial charge on any atom is -0.496 e. The van der Waals surface area contributed by atoms with Gasteiger partial charge in [0.1, 0.15) is 34.3 Å². The van der Waals surface area contributed by atoms with E-state index in [2.05, 4.69) is 20.0 Å². The summed E-state index contributed by atoms with van der Waals surface area (Å²) in [6.45, 7) is 6.58. The average Bonchev–Trinajstić information content (AvgIpc) is 2.87. The summed E-state index contributed by atoms with van der Waals surface area (Å²) in [6.07, 6.45) is -0.425. The normalized spacial score (nSPS) is 13.9. The number of carbonyl (C=O) groups excluding carboxylic acids is 1. The van der Waals surface area contributed by atoms with E-state index in [9.17, 15) is 9.18 Å². The van der Waals surface area contributed by atoms with Crippen LogP contribution in [0, 0.1) is 11.6 Å². The Balaban J connectivity index is 1.80. The van der Waals surface area contributed by atoms with Crippen molar-refractivity contribution in [3.05, 3.63) is 57.2 Å². The molecule has 38 heavy (non-hydrogen) atoms. The minimum absolute atomic E-state index is 0.0570. The summed E-state index contributed by atoms with van der Waals surface area (Å²) in [5, 5.41) is 3.75. The van der Waals surface area contributed by atoms with Crippen molar-refractivity contribution in [3.63, 3.8) is 0 Å².